The second-order valence-electron chi connectivity index (χ2n) is 5.16. The zero-order valence-corrected chi connectivity index (χ0v) is 13.6. The molecule has 0 unspecified atom stereocenters. The van der Waals surface area contributed by atoms with E-state index in [0.717, 1.165) is 6.42 Å². The molecule has 20 heavy (non-hydrogen) atoms. The zero-order valence-electron chi connectivity index (χ0n) is 11.1. The van der Waals surface area contributed by atoms with Crippen molar-refractivity contribution in [2.24, 2.45) is 0 Å². The van der Waals surface area contributed by atoms with E-state index in [1.165, 1.54) is 16.7 Å². The Morgan fingerprint density at radius 1 is 0.650 bits per heavy atom. The van der Waals surface area contributed by atoms with Gasteiger partial charge in [-0.1, -0.05) is 0 Å². The van der Waals surface area contributed by atoms with Gasteiger partial charge in [0.05, 0.1) is 0 Å². The van der Waals surface area contributed by atoms with E-state index in [-0.39, 0.29) is 0 Å². The maximum absolute atomic E-state index is 2.35. The summed E-state index contributed by atoms with van der Waals surface area (Å²) in [5.74, 6) is 0. The fraction of sp³-hybridized carbons (Fsp3) is 0.0526. The molecule has 1 aliphatic rings. The predicted molar refractivity (Wildman–Crippen MR) is 80.4 cm³/mol. The Bertz CT molecular complexity index is 760. The van der Waals surface area contributed by atoms with Crippen LogP contribution in [0.2, 0.25) is 0 Å². The standard InChI is InChI=1S/C13H9.C6H5.Zr/c1-3-7-12-10(5-1)9-11-6-2-4-8-13(11)12;1-2-4-6-5-3-1;/h1-5,7-8H,9H2;1-5H;. The molecule has 3 aromatic carbocycles. The summed E-state index contributed by atoms with van der Waals surface area (Å²) in [6.45, 7) is 0. The van der Waals surface area contributed by atoms with Crippen LogP contribution in [0.25, 0.3) is 11.1 Å². The summed E-state index contributed by atoms with van der Waals surface area (Å²) in [6.07, 6.45) is 1.12. The minimum atomic E-state index is -0.683. The SMILES string of the molecule is c1cc[c]([Zr][c]2cccc3c2Cc2ccccc2-3)cc1. The van der Waals surface area contributed by atoms with Crippen LogP contribution >= 0.6 is 0 Å². The number of hydrogen-bond donors (Lipinski definition) is 0. The molecule has 0 amide bonds. The molecule has 0 aromatic heterocycles. The first-order chi connectivity index (χ1) is 9.92. The molecule has 0 saturated carbocycles. The van der Waals surface area contributed by atoms with Crippen LogP contribution in [-0.2, 0) is 29.7 Å². The molecule has 0 bridgehead atoms. The van der Waals surface area contributed by atoms with Gasteiger partial charge in [0, 0.05) is 0 Å². The zero-order chi connectivity index (χ0) is 13.4. The Balaban J connectivity index is 1.78. The van der Waals surface area contributed by atoms with Gasteiger partial charge in [0.2, 0.25) is 0 Å². The van der Waals surface area contributed by atoms with Crippen LogP contribution in [-0.4, -0.2) is 0 Å². The van der Waals surface area contributed by atoms with E-state index < -0.39 is 23.2 Å². The monoisotopic (exact) mass is 332 g/mol. The second kappa shape index (κ2) is 5.15. The van der Waals surface area contributed by atoms with Crippen molar-refractivity contribution >= 4 is 6.54 Å². The molecule has 0 nitrogen and oxygen atoms in total. The van der Waals surface area contributed by atoms with Crippen molar-refractivity contribution in [3.8, 4) is 11.1 Å². The molecule has 0 radical (unpaired) electrons. The van der Waals surface area contributed by atoms with Crippen molar-refractivity contribution < 1.29 is 23.2 Å². The fourth-order valence-electron chi connectivity index (χ4n) is 2.95. The first kappa shape index (κ1) is 12.3. The van der Waals surface area contributed by atoms with Gasteiger partial charge >= 0.3 is 131 Å². The van der Waals surface area contributed by atoms with Gasteiger partial charge in [-0.3, -0.25) is 0 Å². The number of hydrogen-bond acceptors (Lipinski definition) is 0. The van der Waals surface area contributed by atoms with Crippen LogP contribution in [0.3, 0.4) is 0 Å². The summed E-state index contributed by atoms with van der Waals surface area (Å²) in [5, 5.41) is 0. The van der Waals surface area contributed by atoms with Crippen molar-refractivity contribution in [1.82, 2.24) is 0 Å². The molecule has 1 heteroatoms. The summed E-state index contributed by atoms with van der Waals surface area (Å²) in [7, 11) is 0. The van der Waals surface area contributed by atoms with Crippen LogP contribution in [0.4, 0.5) is 0 Å². The molecule has 0 saturated heterocycles. The van der Waals surface area contributed by atoms with Crippen molar-refractivity contribution in [3.63, 3.8) is 0 Å². The van der Waals surface area contributed by atoms with Crippen molar-refractivity contribution in [2.45, 2.75) is 6.42 Å². The Labute approximate surface area is 131 Å². The fourth-order valence-corrected chi connectivity index (χ4v) is 5.96. The second-order valence-corrected chi connectivity index (χ2v) is 8.51. The minimum absolute atomic E-state index is 0.683. The van der Waals surface area contributed by atoms with Crippen LogP contribution in [0.1, 0.15) is 11.1 Å². The summed E-state index contributed by atoms with van der Waals surface area (Å²) < 4.78 is 3.19. The summed E-state index contributed by atoms with van der Waals surface area (Å²) in [4.78, 5) is 0. The van der Waals surface area contributed by atoms with Gasteiger partial charge in [-0.2, -0.15) is 0 Å². The number of fused-ring (bicyclic) bond motifs is 3. The average Bonchev–Trinajstić information content (AvgIpc) is 2.88. The van der Waals surface area contributed by atoms with Gasteiger partial charge in [0.1, 0.15) is 0 Å². The molecule has 0 atom stereocenters. The van der Waals surface area contributed by atoms with E-state index in [4.69, 9.17) is 0 Å². The molecular weight excluding hydrogens is 319 g/mol. The molecule has 0 aliphatic heterocycles. The maximum atomic E-state index is 2.35. The van der Waals surface area contributed by atoms with Crippen LogP contribution in [0.5, 0.6) is 0 Å². The van der Waals surface area contributed by atoms with Gasteiger partial charge in [-0.15, -0.1) is 0 Å². The molecule has 0 spiro atoms. The number of benzene rings is 3. The van der Waals surface area contributed by atoms with E-state index in [1.54, 1.807) is 12.1 Å². The van der Waals surface area contributed by atoms with E-state index >= 15 is 0 Å². The van der Waals surface area contributed by atoms with Gasteiger partial charge in [-0.25, -0.2) is 0 Å². The first-order valence-electron chi connectivity index (χ1n) is 6.94. The van der Waals surface area contributed by atoms with Crippen LogP contribution in [0, 0.1) is 0 Å². The quantitative estimate of drug-likeness (QED) is 0.528. The van der Waals surface area contributed by atoms with Gasteiger partial charge in [0.25, 0.3) is 0 Å². The molecule has 0 N–H and O–H groups in total. The van der Waals surface area contributed by atoms with Crippen molar-refractivity contribution in [3.05, 3.63) is 83.9 Å². The van der Waals surface area contributed by atoms with E-state index in [2.05, 4.69) is 72.8 Å². The van der Waals surface area contributed by atoms with Crippen LogP contribution < -0.4 is 6.54 Å². The van der Waals surface area contributed by atoms with E-state index in [0.29, 0.717) is 0 Å². The average molecular weight is 334 g/mol. The van der Waals surface area contributed by atoms with Crippen molar-refractivity contribution in [2.75, 3.05) is 0 Å². The molecule has 94 valence electrons. The predicted octanol–water partition coefficient (Wildman–Crippen LogP) is 3.29. The Morgan fingerprint density at radius 3 is 2.30 bits per heavy atom. The third-order valence-corrected chi connectivity index (χ3v) is 7.25. The van der Waals surface area contributed by atoms with E-state index in [9.17, 15) is 0 Å². The normalized spacial score (nSPS) is 11.8. The van der Waals surface area contributed by atoms with Crippen LogP contribution in [0.15, 0.2) is 72.8 Å². The molecular formula is C19H14Zr. The Kier molecular flexibility index (Phi) is 3.16. The van der Waals surface area contributed by atoms with Gasteiger partial charge in [0.15, 0.2) is 0 Å². The summed E-state index contributed by atoms with van der Waals surface area (Å²) >= 11 is -0.683. The van der Waals surface area contributed by atoms with E-state index in [1.807, 2.05) is 0 Å². The molecule has 0 fully saturated rings. The molecule has 4 rings (SSSR count). The van der Waals surface area contributed by atoms with Crippen molar-refractivity contribution in [1.29, 1.82) is 0 Å². The third kappa shape index (κ3) is 2.11. The molecule has 1 aliphatic carbocycles. The third-order valence-electron chi connectivity index (χ3n) is 3.90. The Hall–Kier alpha value is -1.46. The topological polar surface area (TPSA) is 0 Å². The first-order valence-corrected chi connectivity index (χ1v) is 9.40. The molecule has 3 aromatic rings. The summed E-state index contributed by atoms with van der Waals surface area (Å²) in [6, 6.07) is 26.7. The summed E-state index contributed by atoms with van der Waals surface area (Å²) in [5.41, 5.74) is 5.98. The number of rotatable bonds is 2. The van der Waals surface area contributed by atoms with Gasteiger partial charge < -0.3 is 0 Å². The van der Waals surface area contributed by atoms with Gasteiger partial charge in [-0.05, 0) is 0 Å². The molecule has 0 heterocycles. The Morgan fingerprint density at radius 2 is 1.40 bits per heavy atom.